The van der Waals surface area contributed by atoms with Gasteiger partial charge in [0.1, 0.15) is 12.0 Å². The third kappa shape index (κ3) is 2.18. The van der Waals surface area contributed by atoms with Crippen molar-refractivity contribution in [1.29, 1.82) is 0 Å². The molecule has 0 aliphatic carbocycles. The summed E-state index contributed by atoms with van der Waals surface area (Å²) in [5.74, 6) is -2.63. The SMILES string of the molecule is Oc1cc(F)c(N=Nc2snc3ncncc23)cc1F. The summed E-state index contributed by atoms with van der Waals surface area (Å²) in [5.41, 5.74) is 0.134. The van der Waals surface area contributed by atoms with E-state index in [4.69, 9.17) is 5.11 Å². The zero-order chi connectivity index (χ0) is 14.1. The summed E-state index contributed by atoms with van der Waals surface area (Å²) in [5, 5.41) is 17.4. The Kier molecular flexibility index (Phi) is 3.03. The van der Waals surface area contributed by atoms with Crippen LogP contribution in [0.25, 0.3) is 11.0 Å². The molecule has 2 heterocycles. The second-order valence-electron chi connectivity index (χ2n) is 3.70. The number of hydrogen-bond acceptors (Lipinski definition) is 7. The highest BCUT2D eigenvalue weighted by atomic mass is 32.1. The van der Waals surface area contributed by atoms with Crippen molar-refractivity contribution in [3.05, 3.63) is 36.3 Å². The number of aromatic hydroxyl groups is 1. The second kappa shape index (κ2) is 4.85. The summed E-state index contributed by atoms with van der Waals surface area (Å²) in [6.45, 7) is 0. The number of halogens is 2. The van der Waals surface area contributed by atoms with Gasteiger partial charge in [0.15, 0.2) is 28.0 Å². The van der Waals surface area contributed by atoms with Crippen LogP contribution in [0.2, 0.25) is 0 Å². The van der Waals surface area contributed by atoms with Gasteiger partial charge >= 0.3 is 0 Å². The average Bonchev–Trinajstić information content (AvgIpc) is 2.85. The minimum Gasteiger partial charge on any atom is -0.505 e. The number of aromatic nitrogens is 3. The fraction of sp³-hybridized carbons (Fsp3) is 0. The molecule has 0 aliphatic heterocycles. The number of benzene rings is 1. The zero-order valence-electron chi connectivity index (χ0n) is 9.66. The molecule has 1 N–H and O–H groups in total. The van der Waals surface area contributed by atoms with Crippen LogP contribution < -0.4 is 0 Å². The van der Waals surface area contributed by atoms with E-state index in [1.807, 2.05) is 0 Å². The Morgan fingerprint density at radius 1 is 1.15 bits per heavy atom. The van der Waals surface area contributed by atoms with E-state index >= 15 is 0 Å². The molecule has 0 atom stereocenters. The summed E-state index contributed by atoms with van der Waals surface area (Å²) in [7, 11) is 0. The molecule has 0 aliphatic rings. The minimum atomic E-state index is -0.974. The largest absolute Gasteiger partial charge is 0.505 e. The first-order valence-electron chi connectivity index (χ1n) is 5.30. The molecule has 0 bridgehead atoms. The summed E-state index contributed by atoms with van der Waals surface area (Å²) < 4.78 is 30.6. The molecule has 1 aromatic carbocycles. The van der Waals surface area contributed by atoms with Crippen LogP contribution >= 0.6 is 11.5 Å². The highest BCUT2D eigenvalue weighted by molar-refractivity contribution is 7.11. The molecule has 9 heteroatoms. The van der Waals surface area contributed by atoms with Crippen LogP contribution in [-0.2, 0) is 0 Å². The maximum Gasteiger partial charge on any atom is 0.178 e. The van der Waals surface area contributed by atoms with E-state index in [2.05, 4.69) is 24.6 Å². The Morgan fingerprint density at radius 3 is 2.85 bits per heavy atom. The summed E-state index contributed by atoms with van der Waals surface area (Å²) >= 11 is 1.02. The molecule has 0 saturated carbocycles. The number of nitrogens with zero attached hydrogens (tertiary/aromatic N) is 5. The molecular formula is C11H5F2N5OS. The topological polar surface area (TPSA) is 83.6 Å². The van der Waals surface area contributed by atoms with Gasteiger partial charge in [0.05, 0.1) is 5.39 Å². The van der Waals surface area contributed by atoms with Crippen molar-refractivity contribution in [3.8, 4) is 5.75 Å². The first-order chi connectivity index (χ1) is 9.65. The maximum atomic E-state index is 13.5. The lowest BCUT2D eigenvalue weighted by Crippen LogP contribution is -1.80. The van der Waals surface area contributed by atoms with Crippen molar-refractivity contribution >= 4 is 33.3 Å². The third-order valence-electron chi connectivity index (χ3n) is 2.41. The molecule has 0 radical (unpaired) electrons. The van der Waals surface area contributed by atoms with E-state index in [-0.39, 0.29) is 5.69 Å². The van der Waals surface area contributed by atoms with Gasteiger partial charge in [-0.15, -0.1) is 10.2 Å². The van der Waals surface area contributed by atoms with Gasteiger partial charge in [-0.3, -0.25) is 0 Å². The van der Waals surface area contributed by atoms with Crippen molar-refractivity contribution in [3.63, 3.8) is 0 Å². The molecule has 3 aromatic rings. The Bertz CT molecular complexity index is 820. The molecule has 0 spiro atoms. The fourth-order valence-electron chi connectivity index (χ4n) is 1.46. The number of rotatable bonds is 2. The van der Waals surface area contributed by atoms with Gasteiger partial charge in [0, 0.05) is 18.3 Å². The molecular weight excluding hydrogens is 288 g/mol. The number of phenolic OH excluding ortho intramolecular Hbond substituents is 1. The Labute approximate surface area is 114 Å². The van der Waals surface area contributed by atoms with Crippen LogP contribution in [0.15, 0.2) is 34.9 Å². The molecule has 2 aromatic heterocycles. The molecule has 3 rings (SSSR count). The van der Waals surface area contributed by atoms with Crippen molar-refractivity contribution < 1.29 is 13.9 Å². The van der Waals surface area contributed by atoms with E-state index < -0.39 is 17.4 Å². The van der Waals surface area contributed by atoms with E-state index in [1.165, 1.54) is 12.5 Å². The summed E-state index contributed by atoms with van der Waals surface area (Å²) in [6, 6.07) is 1.39. The van der Waals surface area contributed by atoms with Gasteiger partial charge in [-0.1, -0.05) is 0 Å². The number of fused-ring (bicyclic) bond motifs is 1. The third-order valence-corrected chi connectivity index (χ3v) is 3.14. The Morgan fingerprint density at radius 2 is 2.00 bits per heavy atom. The molecule has 20 heavy (non-hydrogen) atoms. The standard InChI is InChI=1S/C11H5F2N5OS/c12-6-2-9(19)7(13)1-8(6)16-17-11-5-3-14-4-15-10(5)18-20-11/h1-4,19H. The van der Waals surface area contributed by atoms with Crippen molar-refractivity contribution in [2.75, 3.05) is 0 Å². The maximum absolute atomic E-state index is 13.5. The van der Waals surface area contributed by atoms with Gasteiger partial charge in [-0.25, -0.2) is 18.7 Å². The van der Waals surface area contributed by atoms with Gasteiger partial charge in [0.25, 0.3) is 0 Å². The van der Waals surface area contributed by atoms with E-state index in [0.717, 1.165) is 17.6 Å². The Hall–Kier alpha value is -2.55. The second-order valence-corrected chi connectivity index (χ2v) is 4.45. The fourth-order valence-corrected chi connectivity index (χ4v) is 2.09. The van der Waals surface area contributed by atoms with Crippen molar-refractivity contribution in [2.24, 2.45) is 10.2 Å². The van der Waals surface area contributed by atoms with Crippen LogP contribution in [0, 0.1) is 11.6 Å². The molecule has 0 saturated heterocycles. The average molecular weight is 293 g/mol. The summed E-state index contributed by atoms with van der Waals surface area (Å²) in [6.07, 6.45) is 2.85. The first kappa shape index (κ1) is 12.5. The summed E-state index contributed by atoms with van der Waals surface area (Å²) in [4.78, 5) is 7.75. The number of phenols is 1. The van der Waals surface area contributed by atoms with Crippen LogP contribution in [0.1, 0.15) is 0 Å². The smallest absolute Gasteiger partial charge is 0.178 e. The van der Waals surface area contributed by atoms with Gasteiger partial charge in [0.2, 0.25) is 0 Å². The monoisotopic (exact) mass is 293 g/mol. The molecule has 0 unspecified atom stereocenters. The quantitative estimate of drug-likeness (QED) is 0.733. The predicted octanol–water partition coefficient (Wildman–Crippen LogP) is 3.49. The molecule has 0 amide bonds. The lowest BCUT2D eigenvalue weighted by Gasteiger charge is -1.98. The molecule has 0 fully saturated rings. The van der Waals surface area contributed by atoms with Crippen molar-refractivity contribution in [1.82, 2.24) is 14.3 Å². The lowest BCUT2D eigenvalue weighted by atomic mass is 10.3. The number of hydrogen-bond donors (Lipinski definition) is 1. The lowest BCUT2D eigenvalue weighted by molar-refractivity contribution is 0.427. The van der Waals surface area contributed by atoms with Crippen LogP contribution in [0.3, 0.4) is 0 Å². The first-order valence-corrected chi connectivity index (χ1v) is 6.07. The van der Waals surface area contributed by atoms with Crippen LogP contribution in [0.5, 0.6) is 5.75 Å². The van der Waals surface area contributed by atoms with E-state index in [1.54, 1.807) is 0 Å². The van der Waals surface area contributed by atoms with Crippen LogP contribution in [0.4, 0.5) is 19.5 Å². The normalized spacial score (nSPS) is 11.5. The van der Waals surface area contributed by atoms with E-state index in [0.29, 0.717) is 22.1 Å². The highest BCUT2D eigenvalue weighted by Crippen LogP contribution is 2.32. The van der Waals surface area contributed by atoms with E-state index in [9.17, 15) is 8.78 Å². The van der Waals surface area contributed by atoms with Crippen molar-refractivity contribution in [2.45, 2.75) is 0 Å². The van der Waals surface area contributed by atoms with Gasteiger partial charge in [-0.2, -0.15) is 4.37 Å². The highest BCUT2D eigenvalue weighted by Gasteiger charge is 2.10. The zero-order valence-corrected chi connectivity index (χ0v) is 10.5. The predicted molar refractivity (Wildman–Crippen MR) is 67.4 cm³/mol. The van der Waals surface area contributed by atoms with Crippen LogP contribution in [-0.4, -0.2) is 19.4 Å². The number of azo groups is 1. The molecule has 100 valence electrons. The van der Waals surface area contributed by atoms with Gasteiger partial charge in [-0.05, 0) is 11.5 Å². The van der Waals surface area contributed by atoms with Gasteiger partial charge < -0.3 is 5.11 Å². The minimum absolute atomic E-state index is 0.321. The molecule has 6 nitrogen and oxygen atoms in total. The Balaban J connectivity index is 2.00.